The molecule has 0 aliphatic rings. The third kappa shape index (κ3) is 5.03. The highest BCUT2D eigenvalue weighted by Gasteiger charge is 2.11. The first kappa shape index (κ1) is 18.4. The van der Waals surface area contributed by atoms with E-state index in [0.717, 1.165) is 12.0 Å². The zero-order valence-electron chi connectivity index (χ0n) is 14.3. The van der Waals surface area contributed by atoms with Gasteiger partial charge in [0.15, 0.2) is 0 Å². The van der Waals surface area contributed by atoms with Crippen LogP contribution in [0.5, 0.6) is 0 Å². The van der Waals surface area contributed by atoms with Gasteiger partial charge in [-0.2, -0.15) is 5.26 Å². The normalized spacial score (nSPS) is 10.1. The van der Waals surface area contributed by atoms with Gasteiger partial charge in [0.2, 0.25) is 0 Å². The molecule has 134 valence electrons. The molecule has 0 radical (unpaired) electrons. The summed E-state index contributed by atoms with van der Waals surface area (Å²) in [5.74, 6) is 0.151. The van der Waals surface area contributed by atoms with Crippen LogP contribution in [0.4, 0.5) is 11.5 Å². The Morgan fingerprint density at radius 2 is 1.89 bits per heavy atom. The molecule has 1 heterocycles. The van der Waals surface area contributed by atoms with Crippen LogP contribution >= 0.6 is 11.6 Å². The molecule has 0 saturated carbocycles. The number of nitrogens with one attached hydrogen (secondary N) is 2. The molecule has 0 aliphatic heterocycles. The standard InChI is InChI=1S/C20H16ClN5O/c21-16-7-5-14(6-8-16)9-10-23-19-11-18(24-13-25-19)20(27)26-17-4-2-1-3-15(17)12-22/h1-8,11,13H,9-10H2,(H,26,27)(H,23,24,25). The molecule has 2 aromatic carbocycles. The van der Waals surface area contributed by atoms with Gasteiger partial charge in [-0.1, -0.05) is 35.9 Å². The zero-order valence-corrected chi connectivity index (χ0v) is 15.1. The van der Waals surface area contributed by atoms with Gasteiger partial charge >= 0.3 is 0 Å². The van der Waals surface area contributed by atoms with Gasteiger partial charge in [0.05, 0.1) is 11.3 Å². The van der Waals surface area contributed by atoms with E-state index in [4.69, 9.17) is 16.9 Å². The molecule has 1 amide bonds. The predicted octanol–water partition coefficient (Wildman–Crippen LogP) is 3.91. The fourth-order valence-electron chi connectivity index (χ4n) is 2.44. The minimum atomic E-state index is -0.402. The van der Waals surface area contributed by atoms with Crippen LogP contribution in [-0.2, 0) is 6.42 Å². The van der Waals surface area contributed by atoms with E-state index in [1.54, 1.807) is 30.3 Å². The van der Waals surface area contributed by atoms with Crippen molar-refractivity contribution in [1.82, 2.24) is 9.97 Å². The maximum Gasteiger partial charge on any atom is 0.274 e. The van der Waals surface area contributed by atoms with Gasteiger partial charge in [-0.05, 0) is 36.2 Å². The van der Waals surface area contributed by atoms with Gasteiger partial charge in [0.25, 0.3) is 5.91 Å². The van der Waals surface area contributed by atoms with Crippen molar-refractivity contribution < 1.29 is 4.79 Å². The first-order valence-electron chi connectivity index (χ1n) is 8.26. The molecule has 0 atom stereocenters. The molecule has 27 heavy (non-hydrogen) atoms. The highest BCUT2D eigenvalue weighted by Crippen LogP contribution is 2.15. The summed E-state index contributed by atoms with van der Waals surface area (Å²) >= 11 is 5.88. The third-order valence-electron chi connectivity index (χ3n) is 3.83. The van der Waals surface area contributed by atoms with Gasteiger partial charge < -0.3 is 10.6 Å². The SMILES string of the molecule is N#Cc1ccccc1NC(=O)c1cc(NCCc2ccc(Cl)cc2)ncn1. The summed E-state index contributed by atoms with van der Waals surface area (Å²) in [5, 5.41) is 15.7. The van der Waals surface area contributed by atoms with Crippen molar-refractivity contribution in [3.05, 3.63) is 82.8 Å². The van der Waals surface area contributed by atoms with Crippen molar-refractivity contribution in [1.29, 1.82) is 5.26 Å². The van der Waals surface area contributed by atoms with E-state index in [2.05, 4.69) is 20.6 Å². The van der Waals surface area contributed by atoms with Crippen LogP contribution in [0, 0.1) is 11.3 Å². The fourth-order valence-corrected chi connectivity index (χ4v) is 2.57. The Morgan fingerprint density at radius 1 is 1.11 bits per heavy atom. The Bertz CT molecular complexity index is 982. The molecule has 0 saturated heterocycles. The van der Waals surface area contributed by atoms with E-state index >= 15 is 0 Å². The van der Waals surface area contributed by atoms with Crippen molar-refractivity contribution in [2.45, 2.75) is 6.42 Å². The fraction of sp³-hybridized carbons (Fsp3) is 0.100. The zero-order chi connectivity index (χ0) is 19.1. The number of amides is 1. The smallest absolute Gasteiger partial charge is 0.274 e. The van der Waals surface area contributed by atoms with Crippen LogP contribution < -0.4 is 10.6 Å². The summed E-state index contributed by atoms with van der Waals surface area (Å²) in [7, 11) is 0. The van der Waals surface area contributed by atoms with E-state index in [0.29, 0.717) is 28.6 Å². The molecule has 6 nitrogen and oxygen atoms in total. The molecule has 0 unspecified atom stereocenters. The monoisotopic (exact) mass is 377 g/mol. The summed E-state index contributed by atoms with van der Waals surface area (Å²) < 4.78 is 0. The lowest BCUT2D eigenvalue weighted by Gasteiger charge is -2.08. The maximum absolute atomic E-state index is 12.4. The second kappa shape index (κ2) is 8.79. The van der Waals surface area contributed by atoms with Gasteiger partial charge in [0, 0.05) is 17.6 Å². The van der Waals surface area contributed by atoms with Crippen LogP contribution in [0.1, 0.15) is 21.6 Å². The van der Waals surface area contributed by atoms with E-state index in [1.165, 1.54) is 6.33 Å². The quantitative estimate of drug-likeness (QED) is 0.679. The number of hydrogen-bond donors (Lipinski definition) is 2. The Labute approximate surface area is 161 Å². The van der Waals surface area contributed by atoms with Crippen LogP contribution in [0.2, 0.25) is 5.02 Å². The summed E-state index contributed by atoms with van der Waals surface area (Å²) in [5.41, 5.74) is 2.20. The van der Waals surface area contributed by atoms with Crippen LogP contribution in [-0.4, -0.2) is 22.4 Å². The Kier molecular flexibility index (Phi) is 5.98. The largest absolute Gasteiger partial charge is 0.370 e. The second-order valence-electron chi connectivity index (χ2n) is 5.70. The van der Waals surface area contributed by atoms with Crippen molar-refractivity contribution in [3.8, 4) is 6.07 Å². The topological polar surface area (TPSA) is 90.7 Å². The lowest BCUT2D eigenvalue weighted by molar-refractivity contribution is 0.102. The molecule has 0 spiro atoms. The number of hydrogen-bond acceptors (Lipinski definition) is 5. The summed E-state index contributed by atoms with van der Waals surface area (Å²) in [6, 6.07) is 18.0. The van der Waals surface area contributed by atoms with E-state index in [9.17, 15) is 4.79 Å². The minimum Gasteiger partial charge on any atom is -0.370 e. The number of halogens is 1. The number of nitrogens with zero attached hydrogens (tertiary/aromatic N) is 3. The second-order valence-corrected chi connectivity index (χ2v) is 6.14. The van der Waals surface area contributed by atoms with Gasteiger partial charge in [0.1, 0.15) is 23.9 Å². The molecule has 3 aromatic rings. The molecule has 0 aliphatic carbocycles. The van der Waals surface area contributed by atoms with Gasteiger partial charge in [-0.15, -0.1) is 0 Å². The summed E-state index contributed by atoms with van der Waals surface area (Å²) in [6.45, 7) is 0.650. The van der Waals surface area contributed by atoms with Crippen molar-refractivity contribution in [2.75, 3.05) is 17.2 Å². The van der Waals surface area contributed by atoms with Crippen molar-refractivity contribution >= 4 is 29.0 Å². The minimum absolute atomic E-state index is 0.215. The molecule has 1 aromatic heterocycles. The van der Waals surface area contributed by atoms with Crippen LogP contribution in [0.15, 0.2) is 60.9 Å². The lowest BCUT2D eigenvalue weighted by atomic mass is 10.1. The number of para-hydroxylation sites is 1. The van der Waals surface area contributed by atoms with Gasteiger partial charge in [-0.3, -0.25) is 4.79 Å². The number of benzene rings is 2. The van der Waals surface area contributed by atoms with Crippen molar-refractivity contribution in [2.24, 2.45) is 0 Å². The molecule has 0 bridgehead atoms. The van der Waals surface area contributed by atoms with Gasteiger partial charge in [-0.25, -0.2) is 9.97 Å². The van der Waals surface area contributed by atoms with E-state index < -0.39 is 5.91 Å². The Hall–Kier alpha value is -3.43. The average Bonchev–Trinajstić information content (AvgIpc) is 2.70. The highest BCUT2D eigenvalue weighted by molar-refractivity contribution is 6.30. The van der Waals surface area contributed by atoms with Crippen LogP contribution in [0.3, 0.4) is 0 Å². The van der Waals surface area contributed by atoms with Crippen molar-refractivity contribution in [3.63, 3.8) is 0 Å². The number of nitriles is 1. The molecular formula is C20H16ClN5O. The molecule has 3 rings (SSSR count). The lowest BCUT2D eigenvalue weighted by Crippen LogP contribution is -2.16. The summed E-state index contributed by atoms with van der Waals surface area (Å²) in [6.07, 6.45) is 2.12. The van der Waals surface area contributed by atoms with Crippen LogP contribution in [0.25, 0.3) is 0 Å². The number of aromatic nitrogens is 2. The number of anilines is 2. The Morgan fingerprint density at radius 3 is 2.67 bits per heavy atom. The molecule has 2 N–H and O–H groups in total. The Balaban J connectivity index is 1.62. The molecule has 0 fully saturated rings. The number of carbonyl (C=O) groups is 1. The highest BCUT2D eigenvalue weighted by atomic mass is 35.5. The molecular weight excluding hydrogens is 362 g/mol. The first-order chi connectivity index (χ1) is 13.2. The maximum atomic E-state index is 12.4. The average molecular weight is 378 g/mol. The van der Waals surface area contributed by atoms with E-state index in [1.807, 2.05) is 30.3 Å². The number of carbonyl (C=O) groups excluding carboxylic acids is 1. The summed E-state index contributed by atoms with van der Waals surface area (Å²) in [4.78, 5) is 20.5. The number of rotatable bonds is 6. The molecule has 7 heteroatoms. The third-order valence-corrected chi connectivity index (χ3v) is 4.08. The van der Waals surface area contributed by atoms with E-state index in [-0.39, 0.29) is 5.69 Å². The predicted molar refractivity (Wildman–Crippen MR) is 105 cm³/mol. The first-order valence-corrected chi connectivity index (χ1v) is 8.64.